The van der Waals surface area contributed by atoms with Crippen LogP contribution in [-0.2, 0) is 6.54 Å². The lowest BCUT2D eigenvalue weighted by Crippen LogP contribution is -2.26. The Labute approximate surface area is 84.8 Å². The van der Waals surface area contributed by atoms with E-state index in [9.17, 15) is 5.11 Å². The highest BCUT2D eigenvalue weighted by molar-refractivity contribution is 5.07. The van der Waals surface area contributed by atoms with E-state index < -0.39 is 5.60 Å². The number of hydrogen-bond donors (Lipinski definition) is 2. The first-order valence-corrected chi connectivity index (χ1v) is 4.81. The molecule has 0 saturated heterocycles. The molecule has 1 aromatic rings. The molecular weight excluding hydrogens is 178 g/mol. The number of nitrogens with zero attached hydrogens (tertiary/aromatic N) is 2. The summed E-state index contributed by atoms with van der Waals surface area (Å²) >= 11 is 0. The number of aliphatic hydroxyl groups is 1. The molecule has 1 heterocycles. The van der Waals surface area contributed by atoms with Crippen molar-refractivity contribution < 1.29 is 5.11 Å². The van der Waals surface area contributed by atoms with E-state index in [1.165, 1.54) is 0 Å². The van der Waals surface area contributed by atoms with Crippen molar-refractivity contribution in [2.45, 2.75) is 45.9 Å². The van der Waals surface area contributed by atoms with Gasteiger partial charge in [0.05, 0.1) is 17.8 Å². The van der Waals surface area contributed by atoms with Crippen molar-refractivity contribution in [3.8, 4) is 0 Å². The molecule has 0 aliphatic heterocycles. The van der Waals surface area contributed by atoms with Crippen LogP contribution in [0.5, 0.6) is 0 Å². The Balaban J connectivity index is 2.88. The first-order valence-electron chi connectivity index (χ1n) is 4.81. The first kappa shape index (κ1) is 11.2. The number of imidazole rings is 1. The molecule has 1 rings (SSSR count). The molecule has 0 bridgehead atoms. The van der Waals surface area contributed by atoms with Crippen LogP contribution in [0.4, 0.5) is 0 Å². The molecule has 14 heavy (non-hydrogen) atoms. The van der Waals surface area contributed by atoms with Gasteiger partial charge in [-0.1, -0.05) is 0 Å². The fourth-order valence-corrected chi connectivity index (χ4v) is 1.33. The molecule has 0 aliphatic carbocycles. The van der Waals surface area contributed by atoms with Crippen LogP contribution in [-0.4, -0.2) is 20.3 Å². The largest absolute Gasteiger partial charge is 0.389 e. The molecule has 0 saturated carbocycles. The van der Waals surface area contributed by atoms with E-state index in [2.05, 4.69) is 4.98 Å². The van der Waals surface area contributed by atoms with Crippen molar-refractivity contribution in [3.05, 3.63) is 17.7 Å². The molecule has 0 aromatic carbocycles. The zero-order valence-electron chi connectivity index (χ0n) is 9.28. The van der Waals surface area contributed by atoms with Gasteiger partial charge in [-0.05, 0) is 27.7 Å². The van der Waals surface area contributed by atoms with E-state index in [0.29, 0.717) is 6.54 Å². The van der Waals surface area contributed by atoms with Gasteiger partial charge >= 0.3 is 0 Å². The van der Waals surface area contributed by atoms with Crippen LogP contribution in [0.3, 0.4) is 0 Å². The normalized spacial score (nSPS) is 14.4. The van der Waals surface area contributed by atoms with Gasteiger partial charge < -0.3 is 15.4 Å². The van der Waals surface area contributed by atoms with Crippen molar-refractivity contribution >= 4 is 0 Å². The van der Waals surface area contributed by atoms with Gasteiger partial charge in [0, 0.05) is 12.2 Å². The molecule has 4 nitrogen and oxygen atoms in total. The SMILES string of the molecule is Cc1nc([C@H](C)N)cn1CC(C)(C)O. The van der Waals surface area contributed by atoms with E-state index >= 15 is 0 Å². The minimum atomic E-state index is -0.722. The second kappa shape index (κ2) is 3.71. The molecular formula is C10H19N3O. The summed E-state index contributed by atoms with van der Waals surface area (Å²) in [5, 5.41) is 9.66. The lowest BCUT2D eigenvalue weighted by atomic mass is 10.1. The minimum absolute atomic E-state index is 0.0586. The lowest BCUT2D eigenvalue weighted by molar-refractivity contribution is 0.0608. The Morgan fingerprint density at radius 1 is 1.64 bits per heavy atom. The van der Waals surface area contributed by atoms with Crippen molar-refractivity contribution in [1.82, 2.24) is 9.55 Å². The standard InChI is InChI=1S/C10H19N3O/c1-7(11)9-5-13(8(2)12-9)6-10(3,4)14/h5,7,14H,6,11H2,1-4H3/t7-/m0/s1. The molecule has 0 amide bonds. The molecule has 0 fully saturated rings. The molecule has 4 heteroatoms. The molecule has 1 aromatic heterocycles. The minimum Gasteiger partial charge on any atom is -0.389 e. The lowest BCUT2D eigenvalue weighted by Gasteiger charge is -2.18. The second-order valence-electron chi connectivity index (χ2n) is 4.44. The first-order chi connectivity index (χ1) is 6.29. The van der Waals surface area contributed by atoms with E-state index in [0.717, 1.165) is 11.5 Å². The maximum atomic E-state index is 9.66. The third-order valence-electron chi connectivity index (χ3n) is 2.02. The summed E-state index contributed by atoms with van der Waals surface area (Å²) < 4.78 is 1.93. The van der Waals surface area contributed by atoms with Gasteiger partial charge in [-0.2, -0.15) is 0 Å². The van der Waals surface area contributed by atoms with Gasteiger partial charge in [0.25, 0.3) is 0 Å². The van der Waals surface area contributed by atoms with Crippen LogP contribution in [0.1, 0.15) is 38.3 Å². The Morgan fingerprint density at radius 2 is 2.21 bits per heavy atom. The van der Waals surface area contributed by atoms with Gasteiger partial charge in [0.1, 0.15) is 5.82 Å². The van der Waals surface area contributed by atoms with E-state index in [1.54, 1.807) is 13.8 Å². The fourth-order valence-electron chi connectivity index (χ4n) is 1.33. The summed E-state index contributed by atoms with van der Waals surface area (Å²) in [5.74, 6) is 0.888. The average molecular weight is 197 g/mol. The summed E-state index contributed by atoms with van der Waals surface area (Å²) in [6.45, 7) is 7.91. The predicted octanol–water partition coefficient (Wildman–Crippen LogP) is 0.982. The van der Waals surface area contributed by atoms with Crippen molar-refractivity contribution in [3.63, 3.8) is 0 Å². The maximum Gasteiger partial charge on any atom is 0.105 e. The van der Waals surface area contributed by atoms with Crippen LogP contribution in [0.2, 0.25) is 0 Å². The molecule has 80 valence electrons. The Kier molecular flexibility index (Phi) is 2.97. The van der Waals surface area contributed by atoms with Gasteiger partial charge in [0.15, 0.2) is 0 Å². The number of aromatic nitrogens is 2. The number of rotatable bonds is 3. The Bertz CT molecular complexity index is 310. The van der Waals surface area contributed by atoms with Crippen LogP contribution >= 0.6 is 0 Å². The van der Waals surface area contributed by atoms with Gasteiger partial charge in [0.2, 0.25) is 0 Å². The molecule has 0 aliphatic rings. The maximum absolute atomic E-state index is 9.66. The summed E-state index contributed by atoms with van der Waals surface area (Å²) in [5.41, 5.74) is 5.87. The smallest absolute Gasteiger partial charge is 0.105 e. The van der Waals surface area contributed by atoms with Crippen LogP contribution < -0.4 is 5.73 Å². The Hall–Kier alpha value is -0.870. The number of aryl methyl sites for hydroxylation is 1. The molecule has 3 N–H and O–H groups in total. The van der Waals surface area contributed by atoms with Crippen LogP contribution in [0.15, 0.2) is 6.20 Å². The zero-order valence-corrected chi connectivity index (χ0v) is 9.28. The third-order valence-corrected chi connectivity index (χ3v) is 2.02. The molecule has 1 atom stereocenters. The van der Waals surface area contributed by atoms with Crippen molar-refractivity contribution in [1.29, 1.82) is 0 Å². The van der Waals surface area contributed by atoms with Crippen molar-refractivity contribution in [2.75, 3.05) is 0 Å². The Morgan fingerprint density at radius 3 is 2.57 bits per heavy atom. The molecule has 0 radical (unpaired) electrons. The van der Waals surface area contributed by atoms with Crippen molar-refractivity contribution in [2.24, 2.45) is 5.73 Å². The topological polar surface area (TPSA) is 64.1 Å². The number of nitrogens with two attached hydrogens (primary N) is 1. The summed E-state index contributed by atoms with van der Waals surface area (Å²) in [6, 6.07) is -0.0586. The third kappa shape index (κ3) is 2.82. The van der Waals surface area contributed by atoms with Crippen LogP contribution in [0, 0.1) is 6.92 Å². The highest BCUT2D eigenvalue weighted by Crippen LogP contribution is 2.13. The molecule has 0 spiro atoms. The zero-order chi connectivity index (χ0) is 10.9. The fraction of sp³-hybridized carbons (Fsp3) is 0.700. The summed E-state index contributed by atoms with van der Waals surface area (Å²) in [6.07, 6.45) is 1.90. The highest BCUT2D eigenvalue weighted by Gasteiger charge is 2.16. The predicted molar refractivity (Wildman–Crippen MR) is 55.9 cm³/mol. The van der Waals surface area contributed by atoms with E-state index in [4.69, 9.17) is 5.73 Å². The second-order valence-corrected chi connectivity index (χ2v) is 4.44. The van der Waals surface area contributed by atoms with Gasteiger partial charge in [-0.3, -0.25) is 0 Å². The monoisotopic (exact) mass is 197 g/mol. The van der Waals surface area contributed by atoms with E-state index in [-0.39, 0.29) is 6.04 Å². The quantitative estimate of drug-likeness (QED) is 0.759. The van der Waals surface area contributed by atoms with E-state index in [1.807, 2.05) is 24.6 Å². The van der Waals surface area contributed by atoms with Gasteiger partial charge in [-0.15, -0.1) is 0 Å². The van der Waals surface area contributed by atoms with Gasteiger partial charge in [-0.25, -0.2) is 4.98 Å². The van der Waals surface area contributed by atoms with Crippen LogP contribution in [0.25, 0.3) is 0 Å². The molecule has 0 unspecified atom stereocenters. The average Bonchev–Trinajstić information content (AvgIpc) is 2.29. The summed E-state index contributed by atoms with van der Waals surface area (Å²) in [7, 11) is 0. The highest BCUT2D eigenvalue weighted by atomic mass is 16.3. The summed E-state index contributed by atoms with van der Waals surface area (Å²) in [4.78, 5) is 4.32. The number of hydrogen-bond acceptors (Lipinski definition) is 3.